The lowest BCUT2D eigenvalue weighted by atomic mass is 9.93. The van der Waals surface area contributed by atoms with Crippen LogP contribution in [0.5, 0.6) is 0 Å². The number of nitrogens with one attached hydrogen (secondary N) is 1. The van der Waals surface area contributed by atoms with Crippen molar-refractivity contribution in [2.45, 2.75) is 51.6 Å². The molecule has 0 bridgehead atoms. The zero-order chi connectivity index (χ0) is 13.7. The Balaban J connectivity index is 2.17. The van der Waals surface area contributed by atoms with E-state index in [1.807, 2.05) is 7.05 Å². The van der Waals surface area contributed by atoms with Gasteiger partial charge >= 0.3 is 0 Å². The van der Waals surface area contributed by atoms with Crippen LogP contribution in [0.1, 0.15) is 44.6 Å². The highest BCUT2D eigenvalue weighted by Gasteiger charge is 2.21. The molecule has 1 aliphatic carbocycles. The molecule has 0 amide bonds. The number of benzene rings is 1. The molecular weight excluding hydrogens is 256 g/mol. The Bertz CT molecular complexity index is 400. The lowest BCUT2D eigenvalue weighted by molar-refractivity contribution is 0.418. The van der Waals surface area contributed by atoms with E-state index >= 15 is 0 Å². The highest BCUT2D eigenvalue weighted by molar-refractivity contribution is 6.33. The van der Waals surface area contributed by atoms with Crippen molar-refractivity contribution in [1.29, 1.82) is 0 Å². The summed E-state index contributed by atoms with van der Waals surface area (Å²) in [4.78, 5) is 2.49. The van der Waals surface area contributed by atoms with E-state index in [9.17, 15) is 0 Å². The SMILES string of the molecule is CCN(c1ccc(CNC)cc1Cl)C1CCCCC1. The van der Waals surface area contributed by atoms with Crippen LogP contribution in [0.4, 0.5) is 5.69 Å². The van der Waals surface area contributed by atoms with Crippen molar-refractivity contribution in [1.82, 2.24) is 5.32 Å². The normalized spacial score (nSPS) is 16.6. The average Bonchev–Trinajstić information content (AvgIpc) is 2.43. The van der Waals surface area contributed by atoms with Gasteiger partial charge in [0.25, 0.3) is 0 Å². The summed E-state index contributed by atoms with van der Waals surface area (Å²) < 4.78 is 0. The van der Waals surface area contributed by atoms with Gasteiger partial charge in [0.1, 0.15) is 0 Å². The Hall–Kier alpha value is -0.730. The second kappa shape index (κ2) is 7.16. The Kier molecular flexibility index (Phi) is 5.53. The molecule has 19 heavy (non-hydrogen) atoms. The van der Waals surface area contributed by atoms with Gasteiger partial charge in [-0.2, -0.15) is 0 Å². The van der Waals surface area contributed by atoms with Crippen LogP contribution in [0.3, 0.4) is 0 Å². The van der Waals surface area contributed by atoms with E-state index in [1.54, 1.807) is 0 Å². The van der Waals surface area contributed by atoms with Crippen LogP contribution in [-0.2, 0) is 6.54 Å². The van der Waals surface area contributed by atoms with E-state index in [-0.39, 0.29) is 0 Å². The fraction of sp³-hybridized carbons (Fsp3) is 0.625. The Morgan fingerprint density at radius 1 is 1.26 bits per heavy atom. The van der Waals surface area contributed by atoms with E-state index in [0.29, 0.717) is 6.04 Å². The first-order valence-corrected chi connectivity index (χ1v) is 7.83. The number of hydrogen-bond acceptors (Lipinski definition) is 2. The Morgan fingerprint density at radius 3 is 2.58 bits per heavy atom. The van der Waals surface area contributed by atoms with Crippen LogP contribution in [-0.4, -0.2) is 19.6 Å². The molecule has 0 radical (unpaired) electrons. The van der Waals surface area contributed by atoms with Gasteiger partial charge in [-0.15, -0.1) is 0 Å². The monoisotopic (exact) mass is 280 g/mol. The second-order valence-corrected chi connectivity index (χ2v) is 5.80. The molecule has 0 heterocycles. The fourth-order valence-electron chi connectivity index (χ4n) is 3.12. The summed E-state index contributed by atoms with van der Waals surface area (Å²) in [5.41, 5.74) is 2.45. The zero-order valence-electron chi connectivity index (χ0n) is 12.1. The van der Waals surface area contributed by atoms with Gasteiger partial charge in [0.2, 0.25) is 0 Å². The van der Waals surface area contributed by atoms with Gasteiger partial charge in [0.15, 0.2) is 0 Å². The van der Waals surface area contributed by atoms with Gasteiger partial charge in [0.05, 0.1) is 10.7 Å². The smallest absolute Gasteiger partial charge is 0.0642 e. The Labute approximate surface area is 122 Å². The summed E-state index contributed by atoms with van der Waals surface area (Å²) in [5, 5.41) is 4.05. The first kappa shape index (κ1) is 14.7. The lowest BCUT2D eigenvalue weighted by Crippen LogP contribution is -2.36. The topological polar surface area (TPSA) is 15.3 Å². The van der Waals surface area contributed by atoms with Crippen LogP contribution in [0.25, 0.3) is 0 Å². The third-order valence-electron chi connectivity index (χ3n) is 4.06. The molecule has 1 fully saturated rings. The molecule has 0 aromatic heterocycles. The minimum Gasteiger partial charge on any atom is -0.368 e. The minimum absolute atomic E-state index is 0.673. The van der Waals surface area contributed by atoms with Crippen molar-refractivity contribution in [2.24, 2.45) is 0 Å². The van der Waals surface area contributed by atoms with Crippen molar-refractivity contribution in [2.75, 3.05) is 18.5 Å². The molecule has 0 unspecified atom stereocenters. The highest BCUT2D eigenvalue weighted by Crippen LogP contribution is 2.32. The largest absolute Gasteiger partial charge is 0.368 e. The lowest BCUT2D eigenvalue weighted by Gasteiger charge is -2.36. The van der Waals surface area contributed by atoms with Crippen LogP contribution < -0.4 is 10.2 Å². The van der Waals surface area contributed by atoms with Crippen LogP contribution in [0, 0.1) is 0 Å². The molecule has 2 rings (SSSR count). The molecule has 2 nitrogen and oxygen atoms in total. The predicted molar refractivity (Wildman–Crippen MR) is 84.1 cm³/mol. The maximum atomic E-state index is 6.49. The summed E-state index contributed by atoms with van der Waals surface area (Å²) in [6.45, 7) is 4.14. The van der Waals surface area contributed by atoms with Gasteiger partial charge in [-0.25, -0.2) is 0 Å². The summed E-state index contributed by atoms with van der Waals surface area (Å²) >= 11 is 6.49. The highest BCUT2D eigenvalue weighted by atomic mass is 35.5. The number of anilines is 1. The third-order valence-corrected chi connectivity index (χ3v) is 4.36. The molecule has 1 aliphatic rings. The molecule has 1 aromatic carbocycles. The predicted octanol–water partition coefficient (Wildman–Crippen LogP) is 4.22. The number of hydrogen-bond donors (Lipinski definition) is 1. The molecule has 1 N–H and O–H groups in total. The van der Waals surface area contributed by atoms with Gasteiger partial charge in [-0.1, -0.05) is 36.9 Å². The molecule has 0 saturated heterocycles. The van der Waals surface area contributed by atoms with E-state index in [2.05, 4.69) is 35.3 Å². The zero-order valence-corrected chi connectivity index (χ0v) is 12.8. The van der Waals surface area contributed by atoms with Gasteiger partial charge in [-0.05, 0) is 44.5 Å². The first-order chi connectivity index (χ1) is 9.26. The van der Waals surface area contributed by atoms with Crippen molar-refractivity contribution in [3.05, 3.63) is 28.8 Å². The molecular formula is C16H25ClN2. The van der Waals surface area contributed by atoms with Crippen molar-refractivity contribution in [3.8, 4) is 0 Å². The summed E-state index contributed by atoms with van der Waals surface area (Å²) in [7, 11) is 1.96. The summed E-state index contributed by atoms with van der Waals surface area (Å²) in [5.74, 6) is 0. The molecule has 1 saturated carbocycles. The number of nitrogens with zero attached hydrogens (tertiary/aromatic N) is 1. The second-order valence-electron chi connectivity index (χ2n) is 5.39. The molecule has 106 valence electrons. The van der Waals surface area contributed by atoms with E-state index in [1.165, 1.54) is 43.4 Å². The van der Waals surface area contributed by atoms with Crippen LogP contribution in [0.15, 0.2) is 18.2 Å². The third kappa shape index (κ3) is 3.64. The summed E-state index contributed by atoms with van der Waals surface area (Å²) in [6, 6.07) is 7.14. The molecule has 0 spiro atoms. The van der Waals surface area contributed by atoms with E-state index < -0.39 is 0 Å². The van der Waals surface area contributed by atoms with Crippen LogP contribution in [0.2, 0.25) is 5.02 Å². The first-order valence-electron chi connectivity index (χ1n) is 7.46. The van der Waals surface area contributed by atoms with Gasteiger partial charge in [0, 0.05) is 19.1 Å². The van der Waals surface area contributed by atoms with Crippen molar-refractivity contribution >= 4 is 17.3 Å². The van der Waals surface area contributed by atoms with E-state index in [0.717, 1.165) is 18.1 Å². The van der Waals surface area contributed by atoms with Gasteiger partial charge < -0.3 is 10.2 Å². The maximum Gasteiger partial charge on any atom is 0.0642 e. The Morgan fingerprint density at radius 2 is 2.00 bits per heavy atom. The minimum atomic E-state index is 0.673. The fourth-order valence-corrected chi connectivity index (χ4v) is 3.43. The molecule has 1 aromatic rings. The number of rotatable bonds is 5. The van der Waals surface area contributed by atoms with Crippen LogP contribution >= 0.6 is 11.6 Å². The van der Waals surface area contributed by atoms with E-state index in [4.69, 9.17) is 11.6 Å². The quantitative estimate of drug-likeness (QED) is 0.869. The average molecular weight is 281 g/mol. The summed E-state index contributed by atoms with van der Waals surface area (Å²) in [6.07, 6.45) is 6.72. The molecule has 3 heteroatoms. The van der Waals surface area contributed by atoms with Crippen molar-refractivity contribution in [3.63, 3.8) is 0 Å². The molecule has 0 aliphatic heterocycles. The maximum absolute atomic E-state index is 6.49. The molecule has 0 atom stereocenters. The van der Waals surface area contributed by atoms with Gasteiger partial charge in [-0.3, -0.25) is 0 Å². The van der Waals surface area contributed by atoms with Crippen molar-refractivity contribution < 1.29 is 0 Å². The number of halogens is 1. The standard InChI is InChI=1S/C16H25ClN2/c1-3-19(14-7-5-4-6-8-14)16-10-9-13(12-18-2)11-15(16)17/h9-11,14,18H,3-8,12H2,1-2H3.